The summed E-state index contributed by atoms with van der Waals surface area (Å²) in [6.07, 6.45) is 3.57. The minimum atomic E-state index is 0.192. The third kappa shape index (κ3) is 2.07. The molecule has 5 nitrogen and oxygen atoms in total. The molecule has 19 heavy (non-hydrogen) atoms. The van der Waals surface area contributed by atoms with E-state index in [2.05, 4.69) is 36.3 Å². The number of nitrogens with one attached hydrogen (secondary N) is 1. The number of piperidine rings is 1. The molecule has 1 saturated heterocycles. The standard InChI is InChI=1S/C13H21N5S/c1-4-13(6-5-7-14-8-13)11-17-18-10(9(2)3)15-16-12(18)19-11/h9,14H,4-8H2,1-3H3. The van der Waals surface area contributed by atoms with Crippen LogP contribution in [0.2, 0.25) is 0 Å². The second-order valence-corrected chi connectivity index (χ2v) is 6.68. The summed E-state index contributed by atoms with van der Waals surface area (Å²) >= 11 is 1.70. The lowest BCUT2D eigenvalue weighted by Gasteiger charge is -2.34. The molecule has 1 N–H and O–H groups in total. The molecule has 0 amide bonds. The summed E-state index contributed by atoms with van der Waals surface area (Å²) in [6, 6.07) is 0. The summed E-state index contributed by atoms with van der Waals surface area (Å²) in [5, 5.41) is 18.1. The summed E-state index contributed by atoms with van der Waals surface area (Å²) in [4.78, 5) is 0.928. The van der Waals surface area contributed by atoms with Crippen molar-refractivity contribution in [3.05, 3.63) is 10.8 Å². The maximum absolute atomic E-state index is 4.83. The van der Waals surface area contributed by atoms with E-state index in [4.69, 9.17) is 5.10 Å². The molecule has 2 aromatic heterocycles. The van der Waals surface area contributed by atoms with E-state index in [0.29, 0.717) is 5.92 Å². The van der Waals surface area contributed by atoms with Gasteiger partial charge in [-0.15, -0.1) is 10.2 Å². The summed E-state index contributed by atoms with van der Waals surface area (Å²) in [5.41, 5.74) is 0.192. The number of nitrogens with zero attached hydrogens (tertiary/aromatic N) is 4. The third-order valence-electron chi connectivity index (χ3n) is 4.13. The highest BCUT2D eigenvalue weighted by Gasteiger charge is 2.36. The Morgan fingerprint density at radius 3 is 2.89 bits per heavy atom. The van der Waals surface area contributed by atoms with Crippen LogP contribution in [0.15, 0.2) is 0 Å². The quantitative estimate of drug-likeness (QED) is 0.937. The van der Waals surface area contributed by atoms with Crippen LogP contribution in [0.25, 0.3) is 4.96 Å². The molecule has 1 atom stereocenters. The minimum Gasteiger partial charge on any atom is -0.316 e. The molecule has 6 heteroatoms. The van der Waals surface area contributed by atoms with Crippen LogP contribution in [0.3, 0.4) is 0 Å². The van der Waals surface area contributed by atoms with Gasteiger partial charge in [0.1, 0.15) is 5.01 Å². The van der Waals surface area contributed by atoms with Crippen molar-refractivity contribution >= 4 is 16.3 Å². The maximum Gasteiger partial charge on any atom is 0.234 e. The SMILES string of the molecule is CCC1(c2nn3c(C(C)C)nnc3s2)CCCNC1. The van der Waals surface area contributed by atoms with Crippen LogP contribution in [0.1, 0.15) is 56.8 Å². The zero-order valence-electron chi connectivity index (χ0n) is 11.8. The van der Waals surface area contributed by atoms with E-state index in [9.17, 15) is 0 Å². The molecular weight excluding hydrogens is 258 g/mol. The first-order valence-corrected chi connectivity index (χ1v) is 7.91. The van der Waals surface area contributed by atoms with Gasteiger partial charge in [0.25, 0.3) is 0 Å². The molecule has 3 heterocycles. The van der Waals surface area contributed by atoms with E-state index in [0.717, 1.165) is 30.3 Å². The first kappa shape index (κ1) is 13.0. The van der Waals surface area contributed by atoms with Crippen molar-refractivity contribution in [2.24, 2.45) is 0 Å². The Morgan fingerprint density at radius 1 is 1.42 bits per heavy atom. The lowest BCUT2D eigenvalue weighted by molar-refractivity contribution is 0.299. The van der Waals surface area contributed by atoms with Crippen LogP contribution in [0.4, 0.5) is 0 Å². The molecular formula is C13H21N5S. The molecule has 0 saturated carbocycles. The summed E-state index contributed by atoms with van der Waals surface area (Å²) < 4.78 is 1.94. The van der Waals surface area contributed by atoms with Crippen LogP contribution in [-0.4, -0.2) is 32.9 Å². The average molecular weight is 279 g/mol. The Hall–Kier alpha value is -1.01. The highest BCUT2D eigenvalue weighted by atomic mass is 32.1. The van der Waals surface area contributed by atoms with Crippen LogP contribution in [0, 0.1) is 0 Å². The van der Waals surface area contributed by atoms with Gasteiger partial charge in [0.05, 0.1) is 0 Å². The van der Waals surface area contributed by atoms with Crippen LogP contribution in [0.5, 0.6) is 0 Å². The lowest BCUT2D eigenvalue weighted by Crippen LogP contribution is -2.43. The van der Waals surface area contributed by atoms with Crippen molar-refractivity contribution in [2.75, 3.05) is 13.1 Å². The fraction of sp³-hybridized carbons (Fsp3) is 0.769. The van der Waals surface area contributed by atoms with Gasteiger partial charge < -0.3 is 5.32 Å². The molecule has 0 aliphatic carbocycles. The van der Waals surface area contributed by atoms with Gasteiger partial charge in [0.2, 0.25) is 4.96 Å². The number of fused-ring (bicyclic) bond motifs is 1. The topological polar surface area (TPSA) is 55.1 Å². The molecule has 0 aromatic carbocycles. The lowest BCUT2D eigenvalue weighted by atomic mass is 9.79. The zero-order valence-corrected chi connectivity index (χ0v) is 12.6. The van der Waals surface area contributed by atoms with Crippen molar-refractivity contribution in [3.63, 3.8) is 0 Å². The number of aromatic nitrogens is 4. The summed E-state index contributed by atoms with van der Waals surface area (Å²) in [5.74, 6) is 1.32. The fourth-order valence-corrected chi connectivity index (χ4v) is 3.94. The predicted molar refractivity (Wildman–Crippen MR) is 76.8 cm³/mol. The van der Waals surface area contributed by atoms with Crippen LogP contribution >= 0.6 is 11.3 Å². The van der Waals surface area contributed by atoms with Crippen LogP contribution in [-0.2, 0) is 5.41 Å². The minimum absolute atomic E-state index is 0.192. The Kier molecular flexibility index (Phi) is 3.30. The third-order valence-corrected chi connectivity index (χ3v) is 5.28. The molecule has 2 aromatic rings. The molecule has 3 rings (SSSR count). The highest BCUT2D eigenvalue weighted by molar-refractivity contribution is 7.16. The van der Waals surface area contributed by atoms with Gasteiger partial charge in [0, 0.05) is 17.9 Å². The van der Waals surface area contributed by atoms with Gasteiger partial charge in [-0.25, -0.2) is 0 Å². The monoisotopic (exact) mass is 279 g/mol. The number of rotatable bonds is 3. The van der Waals surface area contributed by atoms with Gasteiger partial charge in [-0.05, 0) is 25.8 Å². The summed E-state index contributed by atoms with van der Waals surface area (Å²) in [6.45, 7) is 8.69. The summed E-state index contributed by atoms with van der Waals surface area (Å²) in [7, 11) is 0. The average Bonchev–Trinajstić information content (AvgIpc) is 2.99. The second-order valence-electron chi connectivity index (χ2n) is 5.73. The first-order valence-electron chi connectivity index (χ1n) is 7.09. The van der Waals surface area contributed by atoms with Crippen molar-refractivity contribution in [2.45, 2.75) is 51.4 Å². The Labute approximate surface area is 117 Å². The van der Waals surface area contributed by atoms with Gasteiger partial charge >= 0.3 is 0 Å². The van der Waals surface area contributed by atoms with Gasteiger partial charge in [0.15, 0.2) is 5.82 Å². The Morgan fingerprint density at radius 2 is 2.26 bits per heavy atom. The van der Waals surface area contributed by atoms with E-state index in [-0.39, 0.29) is 5.41 Å². The predicted octanol–water partition coefficient (Wildman–Crippen LogP) is 2.34. The van der Waals surface area contributed by atoms with Gasteiger partial charge in [-0.1, -0.05) is 32.1 Å². The van der Waals surface area contributed by atoms with E-state index < -0.39 is 0 Å². The molecule has 1 fully saturated rings. The molecule has 0 bridgehead atoms. The first-order chi connectivity index (χ1) is 9.16. The van der Waals surface area contributed by atoms with Crippen molar-refractivity contribution in [3.8, 4) is 0 Å². The normalized spacial score (nSPS) is 24.4. The fourth-order valence-electron chi connectivity index (χ4n) is 2.81. The van der Waals surface area contributed by atoms with E-state index >= 15 is 0 Å². The highest BCUT2D eigenvalue weighted by Crippen LogP contribution is 2.37. The smallest absolute Gasteiger partial charge is 0.234 e. The van der Waals surface area contributed by atoms with Crippen molar-refractivity contribution < 1.29 is 0 Å². The van der Waals surface area contributed by atoms with Crippen LogP contribution < -0.4 is 5.32 Å². The molecule has 104 valence electrons. The van der Waals surface area contributed by atoms with Gasteiger partial charge in [-0.2, -0.15) is 9.61 Å². The molecule has 0 radical (unpaired) electrons. The molecule has 1 aliphatic rings. The van der Waals surface area contributed by atoms with E-state index in [1.807, 2.05) is 4.52 Å². The van der Waals surface area contributed by atoms with Gasteiger partial charge in [-0.3, -0.25) is 0 Å². The molecule has 0 spiro atoms. The largest absolute Gasteiger partial charge is 0.316 e. The molecule has 1 aliphatic heterocycles. The Balaban J connectivity index is 2.04. The number of hydrogen-bond acceptors (Lipinski definition) is 5. The number of hydrogen-bond donors (Lipinski definition) is 1. The van der Waals surface area contributed by atoms with E-state index in [1.54, 1.807) is 11.3 Å². The molecule has 1 unspecified atom stereocenters. The van der Waals surface area contributed by atoms with Crippen molar-refractivity contribution in [1.29, 1.82) is 0 Å². The zero-order chi connectivity index (χ0) is 13.5. The van der Waals surface area contributed by atoms with Crippen molar-refractivity contribution in [1.82, 2.24) is 25.1 Å². The second kappa shape index (κ2) is 4.83. The maximum atomic E-state index is 4.83. The Bertz CT molecular complexity index is 565. The van der Waals surface area contributed by atoms with E-state index in [1.165, 1.54) is 17.8 Å².